The van der Waals surface area contributed by atoms with E-state index in [-0.39, 0.29) is 5.91 Å². The van der Waals surface area contributed by atoms with Crippen molar-refractivity contribution < 1.29 is 4.79 Å². The van der Waals surface area contributed by atoms with Gasteiger partial charge in [0.05, 0.1) is 11.4 Å². The van der Waals surface area contributed by atoms with E-state index in [4.69, 9.17) is 5.73 Å². The Bertz CT molecular complexity index is 422. The molecule has 17 heavy (non-hydrogen) atoms. The minimum absolute atomic E-state index is 0.0691. The standard InChI is InChI=1S/C12H16BrN3O/c13-9-2-3-11-10(8-9)15-12(17)4-7-16(11)6-1-5-14/h2-3,8H,1,4-7,14H2,(H,15,17). The molecule has 0 atom stereocenters. The fraction of sp³-hybridized carbons (Fsp3) is 0.417. The number of carbonyl (C=O) groups is 1. The Balaban J connectivity index is 2.29. The number of halogens is 1. The van der Waals surface area contributed by atoms with Gasteiger partial charge in [-0.25, -0.2) is 0 Å². The fourth-order valence-corrected chi connectivity index (χ4v) is 2.33. The van der Waals surface area contributed by atoms with Crippen molar-refractivity contribution in [1.29, 1.82) is 0 Å². The number of anilines is 2. The highest BCUT2D eigenvalue weighted by atomic mass is 79.9. The molecule has 0 saturated carbocycles. The van der Waals surface area contributed by atoms with Crippen LogP contribution in [-0.2, 0) is 4.79 Å². The van der Waals surface area contributed by atoms with Gasteiger partial charge in [0.2, 0.25) is 5.91 Å². The lowest BCUT2D eigenvalue weighted by atomic mass is 10.2. The summed E-state index contributed by atoms with van der Waals surface area (Å²) < 4.78 is 0.970. The second kappa shape index (κ2) is 5.51. The van der Waals surface area contributed by atoms with Crippen molar-refractivity contribution in [1.82, 2.24) is 0 Å². The molecule has 92 valence electrons. The molecule has 4 nitrogen and oxygen atoms in total. The number of hydrogen-bond acceptors (Lipinski definition) is 3. The van der Waals surface area contributed by atoms with Crippen LogP contribution in [-0.4, -0.2) is 25.5 Å². The summed E-state index contributed by atoms with van der Waals surface area (Å²) in [6.07, 6.45) is 1.46. The molecule has 3 N–H and O–H groups in total. The van der Waals surface area contributed by atoms with E-state index < -0.39 is 0 Å². The molecule has 1 aliphatic heterocycles. The number of nitrogens with zero attached hydrogens (tertiary/aromatic N) is 1. The number of nitrogens with one attached hydrogen (secondary N) is 1. The number of benzene rings is 1. The minimum atomic E-state index is 0.0691. The van der Waals surface area contributed by atoms with Crippen molar-refractivity contribution in [2.24, 2.45) is 5.73 Å². The van der Waals surface area contributed by atoms with Crippen LogP contribution in [0.3, 0.4) is 0 Å². The fourth-order valence-electron chi connectivity index (χ4n) is 1.97. The van der Waals surface area contributed by atoms with E-state index in [0.717, 1.165) is 35.4 Å². The SMILES string of the molecule is NCCCN1CCC(=O)Nc2cc(Br)ccc21. The third-order valence-corrected chi connectivity index (χ3v) is 3.31. The maximum Gasteiger partial charge on any atom is 0.226 e. The molecule has 1 aromatic carbocycles. The van der Waals surface area contributed by atoms with Crippen LogP contribution in [0, 0.1) is 0 Å². The van der Waals surface area contributed by atoms with Gasteiger partial charge in [0.1, 0.15) is 0 Å². The largest absolute Gasteiger partial charge is 0.369 e. The predicted octanol–water partition coefficient (Wildman–Crippen LogP) is 1.95. The number of rotatable bonds is 3. The third-order valence-electron chi connectivity index (χ3n) is 2.81. The van der Waals surface area contributed by atoms with Gasteiger partial charge in [-0.1, -0.05) is 15.9 Å². The minimum Gasteiger partial charge on any atom is -0.369 e. The van der Waals surface area contributed by atoms with Crippen LogP contribution in [0.1, 0.15) is 12.8 Å². The first-order valence-electron chi connectivity index (χ1n) is 5.75. The zero-order chi connectivity index (χ0) is 12.3. The molecule has 0 unspecified atom stereocenters. The van der Waals surface area contributed by atoms with Crippen molar-refractivity contribution in [2.75, 3.05) is 29.9 Å². The molecule has 0 bridgehead atoms. The summed E-state index contributed by atoms with van der Waals surface area (Å²) in [6.45, 7) is 2.31. The van der Waals surface area contributed by atoms with Gasteiger partial charge in [0, 0.05) is 24.0 Å². The summed E-state index contributed by atoms with van der Waals surface area (Å²) in [5.74, 6) is 0.0691. The number of nitrogens with two attached hydrogens (primary N) is 1. The maximum absolute atomic E-state index is 11.6. The normalized spacial score (nSPS) is 15.2. The van der Waals surface area contributed by atoms with Gasteiger partial charge in [-0.15, -0.1) is 0 Å². The molecule has 0 saturated heterocycles. The molecular formula is C12H16BrN3O. The van der Waals surface area contributed by atoms with Gasteiger partial charge in [-0.2, -0.15) is 0 Å². The zero-order valence-corrected chi connectivity index (χ0v) is 11.2. The summed E-state index contributed by atoms with van der Waals surface area (Å²) in [5, 5.41) is 2.93. The average molecular weight is 298 g/mol. The molecule has 2 rings (SSSR count). The van der Waals surface area contributed by atoms with Gasteiger partial charge >= 0.3 is 0 Å². The molecule has 1 aliphatic rings. The zero-order valence-electron chi connectivity index (χ0n) is 9.58. The van der Waals surface area contributed by atoms with Crippen molar-refractivity contribution in [3.05, 3.63) is 22.7 Å². The Morgan fingerprint density at radius 1 is 1.47 bits per heavy atom. The monoisotopic (exact) mass is 297 g/mol. The van der Waals surface area contributed by atoms with E-state index in [1.165, 1.54) is 0 Å². The molecule has 1 amide bonds. The topological polar surface area (TPSA) is 58.4 Å². The van der Waals surface area contributed by atoms with Crippen molar-refractivity contribution >= 4 is 33.2 Å². The molecular weight excluding hydrogens is 282 g/mol. The number of amides is 1. The van der Waals surface area contributed by atoms with E-state index in [2.05, 4.69) is 26.1 Å². The molecule has 1 aromatic rings. The highest BCUT2D eigenvalue weighted by molar-refractivity contribution is 9.10. The van der Waals surface area contributed by atoms with Crippen LogP contribution in [0.2, 0.25) is 0 Å². The second-order valence-corrected chi connectivity index (χ2v) is 5.00. The summed E-state index contributed by atoms with van der Waals surface area (Å²) in [4.78, 5) is 13.8. The second-order valence-electron chi connectivity index (χ2n) is 4.09. The van der Waals surface area contributed by atoms with Crippen molar-refractivity contribution in [2.45, 2.75) is 12.8 Å². The lowest BCUT2D eigenvalue weighted by Gasteiger charge is -2.23. The molecule has 5 heteroatoms. The van der Waals surface area contributed by atoms with Gasteiger partial charge in [0.15, 0.2) is 0 Å². The summed E-state index contributed by atoms with van der Waals surface area (Å²) in [5.41, 5.74) is 7.49. The maximum atomic E-state index is 11.6. The summed E-state index contributed by atoms with van der Waals surface area (Å²) in [7, 11) is 0. The highest BCUT2D eigenvalue weighted by Crippen LogP contribution is 2.31. The van der Waals surface area contributed by atoms with E-state index in [1.807, 2.05) is 18.2 Å². The Hall–Kier alpha value is -1.07. The quantitative estimate of drug-likeness (QED) is 0.896. The Morgan fingerprint density at radius 3 is 3.06 bits per heavy atom. The molecule has 0 spiro atoms. The lowest BCUT2D eigenvalue weighted by molar-refractivity contribution is -0.115. The molecule has 0 radical (unpaired) electrons. The molecule has 0 fully saturated rings. The lowest BCUT2D eigenvalue weighted by Crippen LogP contribution is -2.27. The van der Waals surface area contributed by atoms with E-state index >= 15 is 0 Å². The smallest absolute Gasteiger partial charge is 0.226 e. The molecule has 0 aromatic heterocycles. The highest BCUT2D eigenvalue weighted by Gasteiger charge is 2.18. The van der Waals surface area contributed by atoms with E-state index in [1.54, 1.807) is 0 Å². The van der Waals surface area contributed by atoms with Crippen molar-refractivity contribution in [3.8, 4) is 0 Å². The van der Waals surface area contributed by atoms with Gasteiger partial charge < -0.3 is 16.0 Å². The first-order valence-corrected chi connectivity index (χ1v) is 6.54. The van der Waals surface area contributed by atoms with Crippen LogP contribution < -0.4 is 16.0 Å². The Morgan fingerprint density at radius 2 is 2.29 bits per heavy atom. The number of carbonyl (C=O) groups excluding carboxylic acids is 1. The third kappa shape index (κ3) is 2.98. The van der Waals surface area contributed by atoms with Crippen LogP contribution in [0.25, 0.3) is 0 Å². The first-order chi connectivity index (χ1) is 8.20. The number of fused-ring (bicyclic) bond motifs is 1. The van der Waals surface area contributed by atoms with E-state index in [0.29, 0.717) is 13.0 Å². The van der Waals surface area contributed by atoms with Crippen LogP contribution >= 0.6 is 15.9 Å². The van der Waals surface area contributed by atoms with Crippen molar-refractivity contribution in [3.63, 3.8) is 0 Å². The first kappa shape index (κ1) is 12.4. The van der Waals surface area contributed by atoms with Crippen LogP contribution in [0.4, 0.5) is 11.4 Å². The Labute approximate surface area is 109 Å². The number of hydrogen-bond donors (Lipinski definition) is 2. The average Bonchev–Trinajstić information content (AvgIpc) is 2.45. The van der Waals surface area contributed by atoms with Gasteiger partial charge in [0.25, 0.3) is 0 Å². The van der Waals surface area contributed by atoms with Crippen LogP contribution in [0.5, 0.6) is 0 Å². The van der Waals surface area contributed by atoms with Crippen LogP contribution in [0.15, 0.2) is 22.7 Å². The predicted molar refractivity (Wildman–Crippen MR) is 73.3 cm³/mol. The summed E-state index contributed by atoms with van der Waals surface area (Å²) in [6, 6.07) is 5.96. The molecule has 0 aliphatic carbocycles. The summed E-state index contributed by atoms with van der Waals surface area (Å²) >= 11 is 3.42. The van der Waals surface area contributed by atoms with E-state index in [9.17, 15) is 4.79 Å². The Kier molecular flexibility index (Phi) is 4.02. The molecule has 1 heterocycles. The van der Waals surface area contributed by atoms with Gasteiger partial charge in [-0.3, -0.25) is 4.79 Å². The van der Waals surface area contributed by atoms with Gasteiger partial charge in [-0.05, 0) is 31.2 Å².